The number of aromatic amines is 1. The molecule has 108 valence electrons. The van der Waals surface area contributed by atoms with Gasteiger partial charge in [-0.25, -0.2) is 8.42 Å². The van der Waals surface area contributed by atoms with E-state index in [0.717, 1.165) is 11.3 Å². The zero-order valence-electron chi connectivity index (χ0n) is 11.6. The van der Waals surface area contributed by atoms with Gasteiger partial charge in [0.1, 0.15) is 4.90 Å². The van der Waals surface area contributed by atoms with E-state index >= 15 is 0 Å². The molecule has 20 heavy (non-hydrogen) atoms. The summed E-state index contributed by atoms with van der Waals surface area (Å²) in [5.41, 5.74) is 2.91. The van der Waals surface area contributed by atoms with Gasteiger partial charge in [-0.15, -0.1) is 0 Å². The summed E-state index contributed by atoms with van der Waals surface area (Å²) in [7, 11) is -3.56. The molecule has 1 aliphatic heterocycles. The van der Waals surface area contributed by atoms with E-state index < -0.39 is 10.0 Å². The first-order valence-electron chi connectivity index (χ1n) is 6.37. The standard InChI is InChI=1S/C12H16N4O3S/c1-7-10-4-5-16(6-11(10)19-15-7)20(17,18)12-8(2)13-14-9(12)3/h4-6H2,1-3H3,(H,13,14). The number of nitrogens with one attached hydrogen (secondary N) is 1. The second kappa shape index (κ2) is 4.42. The number of fused-ring (bicyclic) bond motifs is 1. The van der Waals surface area contributed by atoms with Crippen LogP contribution in [0.25, 0.3) is 0 Å². The minimum Gasteiger partial charge on any atom is -0.359 e. The van der Waals surface area contributed by atoms with Crippen molar-refractivity contribution in [3.8, 4) is 0 Å². The Morgan fingerprint density at radius 1 is 1.25 bits per heavy atom. The Balaban J connectivity index is 1.99. The third kappa shape index (κ3) is 1.87. The molecule has 3 rings (SSSR count). The predicted octanol–water partition coefficient (Wildman–Crippen LogP) is 1.07. The Morgan fingerprint density at radius 3 is 2.65 bits per heavy atom. The van der Waals surface area contributed by atoms with Gasteiger partial charge < -0.3 is 4.52 Å². The van der Waals surface area contributed by atoms with Crippen molar-refractivity contribution >= 4 is 10.0 Å². The van der Waals surface area contributed by atoms with E-state index in [1.165, 1.54) is 4.31 Å². The van der Waals surface area contributed by atoms with Crippen LogP contribution in [0, 0.1) is 20.8 Å². The maximum atomic E-state index is 12.7. The molecule has 1 N–H and O–H groups in total. The molecule has 0 amide bonds. The van der Waals surface area contributed by atoms with E-state index in [0.29, 0.717) is 30.1 Å². The lowest BCUT2D eigenvalue weighted by Crippen LogP contribution is -2.36. The quantitative estimate of drug-likeness (QED) is 0.895. The SMILES string of the molecule is Cc1noc2c1CCN(S(=O)(=O)c1c(C)n[nH]c1C)C2. The third-order valence-electron chi connectivity index (χ3n) is 3.66. The number of aromatic nitrogens is 3. The van der Waals surface area contributed by atoms with Gasteiger partial charge in [0, 0.05) is 12.1 Å². The predicted molar refractivity (Wildman–Crippen MR) is 70.6 cm³/mol. The van der Waals surface area contributed by atoms with E-state index in [4.69, 9.17) is 4.52 Å². The molecule has 0 atom stereocenters. The topological polar surface area (TPSA) is 92.1 Å². The lowest BCUT2D eigenvalue weighted by atomic mass is 10.1. The van der Waals surface area contributed by atoms with Gasteiger partial charge in [-0.05, 0) is 27.2 Å². The molecule has 0 unspecified atom stereocenters. The van der Waals surface area contributed by atoms with Crippen molar-refractivity contribution in [2.45, 2.75) is 38.6 Å². The number of hydrogen-bond donors (Lipinski definition) is 1. The molecule has 0 saturated carbocycles. The van der Waals surface area contributed by atoms with Crippen molar-refractivity contribution in [3.05, 3.63) is 28.4 Å². The maximum Gasteiger partial charge on any atom is 0.247 e. The van der Waals surface area contributed by atoms with Crippen molar-refractivity contribution in [1.82, 2.24) is 19.7 Å². The van der Waals surface area contributed by atoms with Gasteiger partial charge in [-0.3, -0.25) is 5.10 Å². The first kappa shape index (κ1) is 13.3. The molecule has 0 aliphatic carbocycles. The molecule has 0 fully saturated rings. The largest absolute Gasteiger partial charge is 0.359 e. The molecule has 0 aromatic carbocycles. The van der Waals surface area contributed by atoms with Crippen LogP contribution in [0.4, 0.5) is 0 Å². The van der Waals surface area contributed by atoms with Crippen molar-refractivity contribution < 1.29 is 12.9 Å². The highest BCUT2D eigenvalue weighted by Gasteiger charge is 2.34. The molecule has 1 aliphatic rings. The average molecular weight is 296 g/mol. The monoisotopic (exact) mass is 296 g/mol. The molecule has 2 aromatic rings. The first-order valence-corrected chi connectivity index (χ1v) is 7.81. The van der Waals surface area contributed by atoms with Gasteiger partial charge in [0.2, 0.25) is 10.0 Å². The summed E-state index contributed by atoms with van der Waals surface area (Å²) in [5.74, 6) is 0.635. The minimum atomic E-state index is -3.56. The normalized spacial score (nSPS) is 16.4. The number of aryl methyl sites for hydroxylation is 3. The fourth-order valence-corrected chi connectivity index (χ4v) is 4.34. The van der Waals surface area contributed by atoms with Crippen LogP contribution in [0.3, 0.4) is 0 Å². The van der Waals surface area contributed by atoms with Crippen molar-refractivity contribution in [2.75, 3.05) is 6.54 Å². The number of hydrogen-bond acceptors (Lipinski definition) is 5. The molecular weight excluding hydrogens is 280 g/mol. The van der Waals surface area contributed by atoms with Gasteiger partial charge in [-0.2, -0.15) is 9.40 Å². The zero-order valence-corrected chi connectivity index (χ0v) is 12.4. The van der Waals surface area contributed by atoms with Crippen LogP contribution in [-0.2, 0) is 23.0 Å². The zero-order chi connectivity index (χ0) is 14.5. The van der Waals surface area contributed by atoms with Gasteiger partial charge in [-0.1, -0.05) is 5.16 Å². The molecule has 0 spiro atoms. The summed E-state index contributed by atoms with van der Waals surface area (Å²) in [6, 6.07) is 0. The number of sulfonamides is 1. The van der Waals surface area contributed by atoms with Crippen LogP contribution >= 0.6 is 0 Å². The highest BCUT2D eigenvalue weighted by atomic mass is 32.2. The third-order valence-corrected chi connectivity index (χ3v) is 5.76. The Labute approximate surface area is 117 Å². The van der Waals surface area contributed by atoms with Crippen LogP contribution in [0.15, 0.2) is 9.42 Å². The second-order valence-electron chi connectivity index (χ2n) is 5.02. The summed E-state index contributed by atoms with van der Waals surface area (Å²) in [6.45, 7) is 5.92. The smallest absolute Gasteiger partial charge is 0.247 e. The van der Waals surface area contributed by atoms with Crippen LogP contribution in [0.2, 0.25) is 0 Å². The van der Waals surface area contributed by atoms with Crippen LogP contribution < -0.4 is 0 Å². The summed E-state index contributed by atoms with van der Waals surface area (Å²) >= 11 is 0. The molecule has 7 nitrogen and oxygen atoms in total. The van der Waals surface area contributed by atoms with Gasteiger partial charge in [0.25, 0.3) is 0 Å². The number of H-pyrrole nitrogens is 1. The van der Waals surface area contributed by atoms with E-state index in [1.54, 1.807) is 13.8 Å². The molecule has 3 heterocycles. The maximum absolute atomic E-state index is 12.7. The minimum absolute atomic E-state index is 0.225. The summed E-state index contributed by atoms with van der Waals surface area (Å²) in [4.78, 5) is 0.261. The molecular formula is C12H16N4O3S. The van der Waals surface area contributed by atoms with Gasteiger partial charge in [0.15, 0.2) is 5.76 Å². The van der Waals surface area contributed by atoms with Gasteiger partial charge in [0.05, 0.1) is 23.6 Å². The Bertz CT molecular complexity index is 740. The molecule has 0 saturated heterocycles. The molecule has 0 radical (unpaired) electrons. The van der Waals surface area contributed by atoms with Crippen LogP contribution in [-0.4, -0.2) is 34.6 Å². The lowest BCUT2D eigenvalue weighted by molar-refractivity contribution is 0.306. The van der Waals surface area contributed by atoms with E-state index in [2.05, 4.69) is 15.4 Å². The van der Waals surface area contributed by atoms with Crippen molar-refractivity contribution in [1.29, 1.82) is 0 Å². The molecule has 0 bridgehead atoms. The molecule has 2 aromatic heterocycles. The van der Waals surface area contributed by atoms with Crippen LogP contribution in [0.1, 0.15) is 28.4 Å². The van der Waals surface area contributed by atoms with Gasteiger partial charge >= 0.3 is 0 Å². The Morgan fingerprint density at radius 2 is 2.00 bits per heavy atom. The number of nitrogens with zero attached hydrogens (tertiary/aromatic N) is 3. The lowest BCUT2D eigenvalue weighted by Gasteiger charge is -2.25. The Kier molecular flexibility index (Phi) is 2.94. The summed E-state index contributed by atoms with van der Waals surface area (Å²) < 4.78 is 32.1. The summed E-state index contributed by atoms with van der Waals surface area (Å²) in [6.07, 6.45) is 0.625. The first-order chi connectivity index (χ1) is 9.41. The molecule has 8 heteroatoms. The van der Waals surface area contributed by atoms with Crippen LogP contribution in [0.5, 0.6) is 0 Å². The van der Waals surface area contributed by atoms with Crippen molar-refractivity contribution in [3.63, 3.8) is 0 Å². The fraction of sp³-hybridized carbons (Fsp3) is 0.500. The van der Waals surface area contributed by atoms with Crippen molar-refractivity contribution in [2.24, 2.45) is 0 Å². The Hall–Kier alpha value is -1.67. The number of rotatable bonds is 2. The summed E-state index contributed by atoms with van der Waals surface area (Å²) in [5, 5.41) is 10.6. The second-order valence-corrected chi connectivity index (χ2v) is 6.90. The van der Waals surface area contributed by atoms with E-state index in [-0.39, 0.29) is 11.4 Å². The highest BCUT2D eigenvalue weighted by molar-refractivity contribution is 7.89. The van der Waals surface area contributed by atoms with E-state index in [9.17, 15) is 8.42 Å². The fourth-order valence-electron chi connectivity index (χ4n) is 2.61. The van der Waals surface area contributed by atoms with E-state index in [1.807, 2.05) is 6.92 Å². The average Bonchev–Trinajstić information content (AvgIpc) is 2.93. The highest BCUT2D eigenvalue weighted by Crippen LogP contribution is 2.28.